The Morgan fingerprint density at radius 1 is 0.939 bits per heavy atom. The van der Waals surface area contributed by atoms with Crippen LogP contribution in [-0.4, -0.2) is 69.3 Å². The summed E-state index contributed by atoms with van der Waals surface area (Å²) in [5.74, 6) is 0.805. The van der Waals surface area contributed by atoms with Crippen molar-refractivity contribution < 1.29 is 23.8 Å². The Morgan fingerprint density at radius 2 is 1.55 bits per heavy atom. The molecule has 0 aromatic heterocycles. The number of methoxy groups -OCH3 is 3. The number of para-hydroxylation sites is 2. The van der Waals surface area contributed by atoms with Crippen LogP contribution < -0.4 is 29.7 Å². The molecule has 0 saturated carbocycles. The van der Waals surface area contributed by atoms with Crippen LogP contribution in [0.1, 0.15) is 17.3 Å². The van der Waals surface area contributed by atoms with E-state index in [4.69, 9.17) is 26.4 Å². The molecule has 33 heavy (non-hydrogen) atoms. The maximum absolute atomic E-state index is 12.8. The van der Waals surface area contributed by atoms with Gasteiger partial charge < -0.3 is 29.3 Å². The lowest BCUT2D eigenvalue weighted by molar-refractivity contribution is -0.129. The van der Waals surface area contributed by atoms with Crippen molar-refractivity contribution in [2.24, 2.45) is 0 Å². The molecule has 3 rings (SSSR count). The molecule has 0 atom stereocenters. The standard InChI is InChI=1S/C23H28N4O5S/c1-15(28)26-9-11-27(12-10-26)18-8-6-5-7-17(18)24-23(33)25-22(29)16-13-19(30-2)21(32-4)20(14-16)31-3/h5-8,13-14H,9-12H2,1-4H3,(H2,24,25,29,33). The number of benzene rings is 2. The van der Waals surface area contributed by atoms with Crippen molar-refractivity contribution >= 4 is 40.5 Å². The zero-order valence-electron chi connectivity index (χ0n) is 19.1. The third-order valence-electron chi connectivity index (χ3n) is 5.37. The van der Waals surface area contributed by atoms with E-state index in [0.717, 1.165) is 11.4 Å². The van der Waals surface area contributed by atoms with Gasteiger partial charge in [0.2, 0.25) is 11.7 Å². The molecule has 0 unspecified atom stereocenters. The van der Waals surface area contributed by atoms with Gasteiger partial charge in [0.15, 0.2) is 16.6 Å². The fraction of sp³-hybridized carbons (Fsp3) is 0.348. The first-order valence-electron chi connectivity index (χ1n) is 10.4. The predicted octanol–water partition coefficient (Wildman–Crippen LogP) is 2.51. The smallest absolute Gasteiger partial charge is 0.257 e. The molecule has 1 aliphatic heterocycles. The molecule has 0 spiro atoms. The number of rotatable bonds is 6. The maximum atomic E-state index is 12.8. The number of piperazine rings is 1. The molecule has 1 aliphatic rings. The summed E-state index contributed by atoms with van der Waals surface area (Å²) in [7, 11) is 4.47. The second-order valence-electron chi connectivity index (χ2n) is 7.33. The fourth-order valence-electron chi connectivity index (χ4n) is 3.66. The van der Waals surface area contributed by atoms with E-state index in [2.05, 4.69) is 15.5 Å². The summed E-state index contributed by atoms with van der Waals surface area (Å²) in [6.45, 7) is 4.32. The summed E-state index contributed by atoms with van der Waals surface area (Å²) >= 11 is 5.40. The molecular formula is C23H28N4O5S. The second-order valence-corrected chi connectivity index (χ2v) is 7.74. The molecule has 2 aromatic rings. The van der Waals surface area contributed by atoms with Gasteiger partial charge in [0.1, 0.15) is 0 Å². The number of hydrogen-bond donors (Lipinski definition) is 2. The van der Waals surface area contributed by atoms with Crippen LogP contribution in [0.4, 0.5) is 11.4 Å². The van der Waals surface area contributed by atoms with E-state index >= 15 is 0 Å². The first-order valence-corrected chi connectivity index (χ1v) is 10.8. The van der Waals surface area contributed by atoms with Crippen LogP contribution in [0.2, 0.25) is 0 Å². The minimum absolute atomic E-state index is 0.0803. The van der Waals surface area contributed by atoms with Gasteiger partial charge in [-0.25, -0.2) is 0 Å². The SMILES string of the molecule is COc1cc(C(=O)NC(=S)Nc2ccccc2N2CCN(C(C)=O)CC2)cc(OC)c1OC. The minimum atomic E-state index is -0.417. The van der Waals surface area contributed by atoms with Crippen molar-refractivity contribution in [3.05, 3.63) is 42.0 Å². The first-order chi connectivity index (χ1) is 15.9. The molecule has 1 fully saturated rings. The van der Waals surface area contributed by atoms with Crippen LogP contribution in [0, 0.1) is 0 Å². The van der Waals surface area contributed by atoms with Crippen LogP contribution in [0.5, 0.6) is 17.2 Å². The molecule has 9 nitrogen and oxygen atoms in total. The van der Waals surface area contributed by atoms with Gasteiger partial charge in [0.05, 0.1) is 32.7 Å². The number of carbonyl (C=O) groups excluding carboxylic acids is 2. The molecule has 176 valence electrons. The topological polar surface area (TPSA) is 92.4 Å². The summed E-state index contributed by atoms with van der Waals surface area (Å²) in [6.07, 6.45) is 0. The Hall–Kier alpha value is -3.53. The number of amides is 2. The third kappa shape index (κ3) is 5.64. The number of nitrogens with one attached hydrogen (secondary N) is 2. The van der Waals surface area contributed by atoms with E-state index in [9.17, 15) is 9.59 Å². The van der Waals surface area contributed by atoms with Crippen molar-refractivity contribution in [3.8, 4) is 17.2 Å². The van der Waals surface area contributed by atoms with Crippen molar-refractivity contribution in [1.82, 2.24) is 10.2 Å². The van der Waals surface area contributed by atoms with E-state index in [0.29, 0.717) is 49.0 Å². The summed E-state index contributed by atoms with van der Waals surface area (Å²) in [5.41, 5.74) is 2.02. The van der Waals surface area contributed by atoms with Gasteiger partial charge in [-0.15, -0.1) is 0 Å². The quantitative estimate of drug-likeness (QED) is 0.620. The second kappa shape index (κ2) is 10.9. The lowest BCUT2D eigenvalue weighted by atomic mass is 10.1. The highest BCUT2D eigenvalue weighted by Crippen LogP contribution is 2.38. The Kier molecular flexibility index (Phi) is 7.94. The molecule has 0 radical (unpaired) electrons. The Morgan fingerprint density at radius 3 is 2.09 bits per heavy atom. The number of nitrogens with zero attached hydrogens (tertiary/aromatic N) is 2. The fourth-order valence-corrected chi connectivity index (χ4v) is 3.86. The molecule has 2 aromatic carbocycles. The van der Waals surface area contributed by atoms with Crippen LogP contribution in [-0.2, 0) is 4.79 Å². The predicted molar refractivity (Wildman–Crippen MR) is 131 cm³/mol. The Balaban J connectivity index is 1.71. The van der Waals surface area contributed by atoms with Gasteiger partial charge in [-0.3, -0.25) is 14.9 Å². The minimum Gasteiger partial charge on any atom is -0.493 e. The largest absolute Gasteiger partial charge is 0.493 e. The maximum Gasteiger partial charge on any atom is 0.257 e. The lowest BCUT2D eigenvalue weighted by Gasteiger charge is -2.36. The highest BCUT2D eigenvalue weighted by molar-refractivity contribution is 7.80. The average Bonchev–Trinajstić information content (AvgIpc) is 2.83. The molecule has 1 heterocycles. The molecule has 2 N–H and O–H groups in total. The van der Waals surface area contributed by atoms with E-state index in [1.54, 1.807) is 19.1 Å². The van der Waals surface area contributed by atoms with Crippen LogP contribution >= 0.6 is 12.2 Å². The Labute approximate surface area is 198 Å². The first kappa shape index (κ1) is 24.1. The summed E-state index contributed by atoms with van der Waals surface area (Å²) < 4.78 is 15.9. The molecular weight excluding hydrogens is 444 g/mol. The van der Waals surface area contributed by atoms with Crippen LogP contribution in [0.3, 0.4) is 0 Å². The molecule has 0 aliphatic carbocycles. The Bertz CT molecular complexity index is 1010. The number of hydrogen-bond acceptors (Lipinski definition) is 7. The normalized spacial score (nSPS) is 13.2. The van der Waals surface area contributed by atoms with Crippen molar-refractivity contribution in [3.63, 3.8) is 0 Å². The van der Waals surface area contributed by atoms with Gasteiger partial charge >= 0.3 is 0 Å². The zero-order valence-corrected chi connectivity index (χ0v) is 20.0. The highest BCUT2D eigenvalue weighted by atomic mass is 32.1. The highest BCUT2D eigenvalue weighted by Gasteiger charge is 2.21. The molecule has 0 bridgehead atoms. The summed E-state index contributed by atoms with van der Waals surface area (Å²) in [6, 6.07) is 10.8. The molecule has 10 heteroatoms. The van der Waals surface area contributed by atoms with E-state index < -0.39 is 5.91 Å². The molecule has 2 amide bonds. The van der Waals surface area contributed by atoms with Gasteiger partial charge in [0, 0.05) is 38.7 Å². The zero-order chi connectivity index (χ0) is 24.0. The average molecular weight is 473 g/mol. The molecule has 1 saturated heterocycles. The number of thiocarbonyl (C=S) groups is 1. The lowest BCUT2D eigenvalue weighted by Crippen LogP contribution is -2.48. The van der Waals surface area contributed by atoms with Crippen molar-refractivity contribution in [2.75, 3.05) is 57.7 Å². The monoisotopic (exact) mass is 472 g/mol. The van der Waals surface area contributed by atoms with E-state index in [1.807, 2.05) is 29.2 Å². The summed E-state index contributed by atoms with van der Waals surface area (Å²) in [5, 5.41) is 5.96. The number of ether oxygens (including phenoxy) is 3. The van der Waals surface area contributed by atoms with E-state index in [1.165, 1.54) is 21.3 Å². The number of anilines is 2. The van der Waals surface area contributed by atoms with Crippen molar-refractivity contribution in [1.29, 1.82) is 0 Å². The van der Waals surface area contributed by atoms with Crippen LogP contribution in [0.25, 0.3) is 0 Å². The number of carbonyl (C=O) groups is 2. The van der Waals surface area contributed by atoms with Gasteiger partial charge in [-0.2, -0.15) is 0 Å². The van der Waals surface area contributed by atoms with Crippen molar-refractivity contribution in [2.45, 2.75) is 6.92 Å². The van der Waals surface area contributed by atoms with E-state index in [-0.39, 0.29) is 11.0 Å². The van der Waals surface area contributed by atoms with Gasteiger partial charge in [0.25, 0.3) is 5.91 Å². The van der Waals surface area contributed by atoms with Gasteiger partial charge in [-0.05, 0) is 36.5 Å². The summed E-state index contributed by atoms with van der Waals surface area (Å²) in [4.78, 5) is 28.4. The van der Waals surface area contributed by atoms with Gasteiger partial charge in [-0.1, -0.05) is 12.1 Å². The third-order valence-corrected chi connectivity index (χ3v) is 5.58. The van der Waals surface area contributed by atoms with Crippen LogP contribution in [0.15, 0.2) is 36.4 Å².